The van der Waals surface area contributed by atoms with Crippen LogP contribution in [0.2, 0.25) is 0 Å². The summed E-state index contributed by atoms with van der Waals surface area (Å²) in [6.45, 7) is 2.51. The molecular weight excluding hydrogens is 330 g/mol. The van der Waals surface area contributed by atoms with Gasteiger partial charge in [0, 0.05) is 6.54 Å². The van der Waals surface area contributed by atoms with E-state index < -0.39 is 36.0 Å². The maximum atomic E-state index is 12.9. The van der Waals surface area contributed by atoms with Crippen LogP contribution in [0.5, 0.6) is 0 Å². The number of nitrogens with zero attached hydrogens (tertiary/aromatic N) is 2. The van der Waals surface area contributed by atoms with Gasteiger partial charge < -0.3 is 20.1 Å². The van der Waals surface area contributed by atoms with Gasteiger partial charge in [-0.3, -0.25) is 14.5 Å². The molecule has 2 rings (SSSR count). The van der Waals surface area contributed by atoms with Gasteiger partial charge in [-0.05, 0) is 39.2 Å². The Kier molecular flexibility index (Phi) is 6.49. The van der Waals surface area contributed by atoms with Crippen LogP contribution in [0.4, 0.5) is 0 Å². The minimum absolute atomic E-state index is 0.0407. The third kappa shape index (κ3) is 4.55. The van der Waals surface area contributed by atoms with Gasteiger partial charge in [0.25, 0.3) is 0 Å². The molecule has 9 heteroatoms. The van der Waals surface area contributed by atoms with Crippen molar-refractivity contribution in [1.82, 2.24) is 9.80 Å². The van der Waals surface area contributed by atoms with Gasteiger partial charge in [-0.15, -0.1) is 0 Å². The molecule has 9 nitrogen and oxygen atoms in total. The smallest absolute Gasteiger partial charge is 0.336 e. The Morgan fingerprint density at radius 2 is 1.76 bits per heavy atom. The zero-order valence-corrected chi connectivity index (χ0v) is 14.6. The molecule has 2 fully saturated rings. The molecule has 0 saturated carbocycles. The Bertz CT molecular complexity index is 550. The highest BCUT2D eigenvalue weighted by atomic mass is 16.6. The van der Waals surface area contributed by atoms with E-state index in [4.69, 9.17) is 10.5 Å². The van der Waals surface area contributed by atoms with E-state index in [1.54, 1.807) is 4.90 Å². The van der Waals surface area contributed by atoms with E-state index in [2.05, 4.69) is 4.74 Å². The Morgan fingerprint density at radius 3 is 2.40 bits per heavy atom. The molecule has 0 aromatic carbocycles. The summed E-state index contributed by atoms with van der Waals surface area (Å²) in [4.78, 5) is 51.3. The molecule has 1 amide bonds. The van der Waals surface area contributed by atoms with Crippen molar-refractivity contribution in [3.05, 3.63) is 0 Å². The van der Waals surface area contributed by atoms with Crippen LogP contribution in [-0.2, 0) is 28.7 Å². The van der Waals surface area contributed by atoms with Crippen LogP contribution in [0.3, 0.4) is 0 Å². The van der Waals surface area contributed by atoms with Crippen molar-refractivity contribution in [2.24, 2.45) is 5.73 Å². The molecule has 2 heterocycles. The Hall–Kier alpha value is -2.00. The molecule has 2 aliphatic heterocycles. The Balaban J connectivity index is 2.03. The summed E-state index contributed by atoms with van der Waals surface area (Å²) in [6.07, 6.45) is 2.51. The number of methoxy groups -OCH3 is 1. The van der Waals surface area contributed by atoms with Gasteiger partial charge in [0.15, 0.2) is 0 Å². The quantitative estimate of drug-likeness (QED) is 0.494. The van der Waals surface area contributed by atoms with Crippen molar-refractivity contribution in [3.63, 3.8) is 0 Å². The summed E-state index contributed by atoms with van der Waals surface area (Å²) in [5.74, 6) is -2.17. The van der Waals surface area contributed by atoms with Crippen molar-refractivity contribution >= 4 is 23.8 Å². The standard InChI is InChI=1S/C16H25N3O6/c1-10(17)15(22)25-16(23)12-6-4-8-19(12)14(21)11-5-3-7-18(11)9-13(20)24-2/h10-12H,3-9,17H2,1-2H3/t10?,11-,12-/m0/s1. The van der Waals surface area contributed by atoms with Gasteiger partial charge in [-0.25, -0.2) is 9.59 Å². The van der Waals surface area contributed by atoms with Crippen LogP contribution >= 0.6 is 0 Å². The van der Waals surface area contributed by atoms with E-state index in [1.807, 2.05) is 0 Å². The first kappa shape index (κ1) is 19.3. The molecule has 2 N–H and O–H groups in total. The number of carbonyl (C=O) groups excluding carboxylic acids is 4. The number of amides is 1. The van der Waals surface area contributed by atoms with E-state index >= 15 is 0 Å². The average molecular weight is 355 g/mol. The number of esters is 3. The van der Waals surface area contributed by atoms with E-state index in [1.165, 1.54) is 18.9 Å². The summed E-state index contributed by atoms with van der Waals surface area (Å²) in [6, 6.07) is -2.15. The number of hydrogen-bond acceptors (Lipinski definition) is 8. The van der Waals surface area contributed by atoms with Crippen molar-refractivity contribution < 1.29 is 28.7 Å². The number of likely N-dealkylation sites (tertiary alicyclic amines) is 2. The van der Waals surface area contributed by atoms with Gasteiger partial charge >= 0.3 is 17.9 Å². The lowest BCUT2D eigenvalue weighted by molar-refractivity contribution is -0.166. The van der Waals surface area contributed by atoms with Crippen molar-refractivity contribution in [2.75, 3.05) is 26.7 Å². The second-order valence-electron chi connectivity index (χ2n) is 6.42. The first-order valence-electron chi connectivity index (χ1n) is 8.47. The molecular formula is C16H25N3O6. The fourth-order valence-corrected chi connectivity index (χ4v) is 3.25. The molecule has 0 radical (unpaired) electrons. The molecule has 2 aliphatic rings. The number of hydrogen-bond donors (Lipinski definition) is 1. The minimum Gasteiger partial charge on any atom is -0.468 e. The number of rotatable bonds is 5. The summed E-state index contributed by atoms with van der Waals surface area (Å²) in [5, 5.41) is 0. The average Bonchev–Trinajstić information content (AvgIpc) is 3.23. The lowest BCUT2D eigenvalue weighted by atomic mass is 10.1. The Morgan fingerprint density at radius 1 is 1.12 bits per heavy atom. The zero-order chi connectivity index (χ0) is 18.6. The van der Waals surface area contributed by atoms with Crippen LogP contribution in [0.1, 0.15) is 32.6 Å². The zero-order valence-electron chi connectivity index (χ0n) is 14.6. The highest BCUT2D eigenvalue weighted by Gasteiger charge is 2.42. The number of carbonyl (C=O) groups is 4. The lowest BCUT2D eigenvalue weighted by Gasteiger charge is -2.29. The minimum atomic E-state index is -0.903. The highest BCUT2D eigenvalue weighted by Crippen LogP contribution is 2.25. The summed E-state index contributed by atoms with van der Waals surface area (Å²) < 4.78 is 9.43. The predicted molar refractivity (Wildman–Crippen MR) is 86.1 cm³/mol. The molecule has 1 unspecified atom stereocenters. The number of ether oxygens (including phenoxy) is 2. The highest BCUT2D eigenvalue weighted by molar-refractivity contribution is 5.94. The molecule has 0 bridgehead atoms. The summed E-state index contributed by atoms with van der Waals surface area (Å²) in [7, 11) is 1.30. The second-order valence-corrected chi connectivity index (χ2v) is 6.42. The second kappa shape index (κ2) is 8.39. The third-order valence-electron chi connectivity index (χ3n) is 4.59. The molecule has 25 heavy (non-hydrogen) atoms. The Labute approximate surface area is 146 Å². The lowest BCUT2D eigenvalue weighted by Crippen LogP contribution is -2.51. The molecule has 0 aromatic rings. The normalized spacial score (nSPS) is 24.8. The largest absolute Gasteiger partial charge is 0.468 e. The van der Waals surface area contributed by atoms with Crippen LogP contribution < -0.4 is 5.73 Å². The molecule has 3 atom stereocenters. The fourth-order valence-electron chi connectivity index (χ4n) is 3.25. The fraction of sp³-hybridized carbons (Fsp3) is 0.750. The molecule has 0 aromatic heterocycles. The maximum Gasteiger partial charge on any atom is 0.336 e. The van der Waals surface area contributed by atoms with E-state index in [0.29, 0.717) is 32.4 Å². The van der Waals surface area contributed by atoms with Crippen molar-refractivity contribution in [1.29, 1.82) is 0 Å². The monoisotopic (exact) mass is 355 g/mol. The summed E-state index contributed by atoms with van der Waals surface area (Å²) in [5.41, 5.74) is 5.40. The van der Waals surface area contributed by atoms with Gasteiger partial charge in [0.1, 0.15) is 12.1 Å². The van der Waals surface area contributed by atoms with Gasteiger partial charge in [0.05, 0.1) is 19.7 Å². The van der Waals surface area contributed by atoms with Crippen LogP contribution in [0.25, 0.3) is 0 Å². The maximum absolute atomic E-state index is 12.9. The SMILES string of the molecule is COC(=O)CN1CCC[C@H]1C(=O)N1CCC[C@H]1C(=O)OC(=O)C(C)N. The van der Waals surface area contributed by atoms with Gasteiger partial charge in [-0.2, -0.15) is 0 Å². The predicted octanol–water partition coefficient (Wildman–Crippen LogP) is -0.968. The first-order chi connectivity index (χ1) is 11.8. The van der Waals surface area contributed by atoms with Crippen LogP contribution in [0, 0.1) is 0 Å². The van der Waals surface area contributed by atoms with Crippen molar-refractivity contribution in [2.45, 2.75) is 50.7 Å². The van der Waals surface area contributed by atoms with E-state index in [9.17, 15) is 19.2 Å². The molecule has 140 valence electrons. The van der Waals surface area contributed by atoms with Gasteiger partial charge in [0.2, 0.25) is 5.91 Å². The topological polar surface area (TPSA) is 119 Å². The number of nitrogens with two attached hydrogens (primary N) is 1. The van der Waals surface area contributed by atoms with E-state index in [-0.39, 0.29) is 12.5 Å². The molecule has 2 saturated heterocycles. The molecule has 0 spiro atoms. The summed E-state index contributed by atoms with van der Waals surface area (Å²) >= 11 is 0. The van der Waals surface area contributed by atoms with E-state index in [0.717, 1.165) is 6.42 Å². The van der Waals surface area contributed by atoms with Crippen molar-refractivity contribution in [3.8, 4) is 0 Å². The van der Waals surface area contributed by atoms with Gasteiger partial charge in [-0.1, -0.05) is 0 Å². The third-order valence-corrected chi connectivity index (χ3v) is 4.59. The first-order valence-corrected chi connectivity index (χ1v) is 8.47. The van der Waals surface area contributed by atoms with Crippen LogP contribution in [-0.4, -0.2) is 78.5 Å². The van der Waals surface area contributed by atoms with Crippen LogP contribution in [0.15, 0.2) is 0 Å². The molecule has 0 aliphatic carbocycles.